The summed E-state index contributed by atoms with van der Waals surface area (Å²) >= 11 is 0. The van der Waals surface area contributed by atoms with E-state index in [0.29, 0.717) is 43.4 Å². The van der Waals surface area contributed by atoms with Crippen LogP contribution in [0, 0.1) is 0 Å². The summed E-state index contributed by atoms with van der Waals surface area (Å²) in [5.74, 6) is 0.440. The molecule has 7 nitrogen and oxygen atoms in total. The zero-order valence-electron chi connectivity index (χ0n) is 20.4. The number of benzene rings is 2. The second-order valence-electron chi connectivity index (χ2n) is 7.23. The van der Waals surface area contributed by atoms with Gasteiger partial charge in [-0.2, -0.15) is 0 Å². The first kappa shape index (κ1) is 26.8. The van der Waals surface area contributed by atoms with E-state index in [1.54, 1.807) is 34.9 Å². The maximum atomic E-state index is 12.7. The number of carboxylic acids is 1. The van der Waals surface area contributed by atoms with Crippen LogP contribution in [0.1, 0.15) is 39.2 Å². The average molecular weight is 461 g/mol. The van der Waals surface area contributed by atoms with Crippen molar-refractivity contribution in [2.45, 2.75) is 39.3 Å². The summed E-state index contributed by atoms with van der Waals surface area (Å²) in [5, 5.41) is 9.06. The van der Waals surface area contributed by atoms with Crippen LogP contribution >= 0.6 is 0 Å². The van der Waals surface area contributed by atoms with Crippen molar-refractivity contribution in [1.29, 1.82) is 0 Å². The minimum atomic E-state index is -0.909. The summed E-state index contributed by atoms with van der Waals surface area (Å²) in [7, 11) is 0. The molecule has 1 unspecified atom stereocenters. The molecule has 0 aliphatic rings. The SMILES string of the molecule is CCOC(CC(=O)O)c1ccc(OCCn2c(CC)nc(-c3ccccc3)cc2=O)cc1.[H-].[Na+]. The molecule has 8 heteroatoms. The molecule has 0 fully saturated rings. The monoisotopic (exact) mass is 460 g/mol. The van der Waals surface area contributed by atoms with Crippen molar-refractivity contribution in [2.75, 3.05) is 13.2 Å². The van der Waals surface area contributed by atoms with Gasteiger partial charge in [-0.1, -0.05) is 49.4 Å². The van der Waals surface area contributed by atoms with Gasteiger partial charge in [-0.25, -0.2) is 4.98 Å². The predicted octanol–water partition coefficient (Wildman–Crippen LogP) is 1.22. The first-order valence-electron chi connectivity index (χ1n) is 10.7. The Bertz CT molecular complexity index is 1090. The number of nitrogens with zero attached hydrogens (tertiary/aromatic N) is 2. The van der Waals surface area contributed by atoms with E-state index in [-0.39, 0.29) is 43.0 Å². The van der Waals surface area contributed by atoms with Crippen LogP contribution in [0.5, 0.6) is 5.75 Å². The molecule has 1 N–H and O–H groups in total. The fourth-order valence-electron chi connectivity index (χ4n) is 3.49. The number of aliphatic carboxylic acids is 1. The quantitative estimate of drug-likeness (QED) is 0.433. The summed E-state index contributed by atoms with van der Waals surface area (Å²) in [4.78, 5) is 28.4. The summed E-state index contributed by atoms with van der Waals surface area (Å²) < 4.78 is 13.0. The van der Waals surface area contributed by atoms with E-state index in [1.165, 1.54) is 0 Å². The van der Waals surface area contributed by atoms with Crippen LogP contribution in [-0.2, 0) is 22.5 Å². The Morgan fingerprint density at radius 2 is 1.82 bits per heavy atom. The van der Waals surface area contributed by atoms with Gasteiger partial charge in [0.05, 0.1) is 24.8 Å². The summed E-state index contributed by atoms with van der Waals surface area (Å²) in [6.45, 7) is 4.93. The first-order valence-corrected chi connectivity index (χ1v) is 10.7. The van der Waals surface area contributed by atoms with Crippen molar-refractivity contribution in [3.63, 3.8) is 0 Å². The Kier molecular flexibility index (Phi) is 10.8. The van der Waals surface area contributed by atoms with Crippen LogP contribution in [0.2, 0.25) is 0 Å². The number of hydrogen-bond acceptors (Lipinski definition) is 5. The van der Waals surface area contributed by atoms with Crippen LogP contribution in [-0.4, -0.2) is 33.8 Å². The van der Waals surface area contributed by atoms with E-state index in [4.69, 9.17) is 14.6 Å². The molecule has 0 spiro atoms. The predicted molar refractivity (Wildman–Crippen MR) is 123 cm³/mol. The smallest absolute Gasteiger partial charge is 1.00 e. The van der Waals surface area contributed by atoms with E-state index in [9.17, 15) is 9.59 Å². The standard InChI is InChI=1S/C25H28N2O5.Na.H/c1-3-23-26-21(18-8-6-5-7-9-18)16-24(28)27(23)14-15-32-20-12-10-19(11-13-20)22(31-4-2)17-25(29)30;;/h5-13,16,22H,3-4,14-15,17H2,1-2H3,(H,29,30);;/q;+1;-1. The number of carboxylic acid groups (broad SMARTS) is 1. The van der Waals surface area contributed by atoms with Crippen LogP contribution in [0.4, 0.5) is 0 Å². The topological polar surface area (TPSA) is 90.7 Å². The minimum absolute atomic E-state index is 0. The van der Waals surface area contributed by atoms with Crippen molar-refractivity contribution < 1.29 is 50.4 Å². The molecule has 1 atom stereocenters. The zero-order valence-corrected chi connectivity index (χ0v) is 21.4. The first-order chi connectivity index (χ1) is 15.5. The zero-order chi connectivity index (χ0) is 22.9. The molecule has 0 aliphatic carbocycles. The fraction of sp³-hybridized carbons (Fsp3) is 0.320. The third-order valence-corrected chi connectivity index (χ3v) is 5.04. The van der Waals surface area contributed by atoms with Gasteiger partial charge in [0, 0.05) is 24.7 Å². The van der Waals surface area contributed by atoms with Crippen LogP contribution in [0.3, 0.4) is 0 Å². The second-order valence-corrected chi connectivity index (χ2v) is 7.23. The third-order valence-electron chi connectivity index (χ3n) is 5.04. The number of aryl methyl sites for hydroxylation is 1. The molecule has 170 valence electrons. The van der Waals surface area contributed by atoms with Crippen molar-refractivity contribution in [3.8, 4) is 17.0 Å². The molecular weight excluding hydrogens is 431 g/mol. The number of ether oxygens (including phenoxy) is 2. The van der Waals surface area contributed by atoms with Gasteiger partial charge >= 0.3 is 35.5 Å². The van der Waals surface area contributed by atoms with Gasteiger partial charge in [-0.05, 0) is 24.6 Å². The molecular formula is C25H29N2NaO5. The maximum Gasteiger partial charge on any atom is 1.00 e. The normalized spacial score (nSPS) is 11.5. The van der Waals surface area contributed by atoms with Gasteiger partial charge in [0.2, 0.25) is 0 Å². The molecule has 0 amide bonds. The molecule has 0 radical (unpaired) electrons. The van der Waals surface area contributed by atoms with E-state index in [1.807, 2.05) is 44.2 Å². The van der Waals surface area contributed by atoms with Crippen molar-refractivity contribution in [2.24, 2.45) is 0 Å². The Hall–Kier alpha value is -2.45. The van der Waals surface area contributed by atoms with Gasteiger partial charge in [-0.3, -0.25) is 14.2 Å². The van der Waals surface area contributed by atoms with E-state index in [0.717, 1.165) is 11.1 Å². The number of carbonyl (C=O) groups is 1. The van der Waals surface area contributed by atoms with Gasteiger partial charge in [0.25, 0.3) is 5.56 Å². The molecule has 0 aliphatic heterocycles. The second kappa shape index (κ2) is 13.3. The number of hydrogen-bond donors (Lipinski definition) is 1. The number of aromatic nitrogens is 2. The minimum Gasteiger partial charge on any atom is -1.00 e. The molecule has 3 rings (SSSR count). The van der Waals surface area contributed by atoms with Crippen molar-refractivity contribution >= 4 is 5.97 Å². The van der Waals surface area contributed by atoms with Gasteiger partial charge in [0.15, 0.2) is 0 Å². The maximum absolute atomic E-state index is 12.7. The molecule has 1 aromatic heterocycles. The van der Waals surface area contributed by atoms with Gasteiger partial charge in [0.1, 0.15) is 18.2 Å². The largest absolute Gasteiger partial charge is 1.00 e. The van der Waals surface area contributed by atoms with Crippen LogP contribution in [0.25, 0.3) is 11.3 Å². The summed E-state index contributed by atoms with van der Waals surface area (Å²) in [5.41, 5.74) is 2.26. The molecule has 0 saturated heterocycles. The fourth-order valence-corrected chi connectivity index (χ4v) is 3.49. The molecule has 1 heterocycles. The van der Waals surface area contributed by atoms with Crippen LogP contribution < -0.4 is 39.9 Å². The molecule has 0 bridgehead atoms. The van der Waals surface area contributed by atoms with Crippen molar-refractivity contribution in [1.82, 2.24) is 9.55 Å². The Morgan fingerprint density at radius 3 is 2.42 bits per heavy atom. The van der Waals surface area contributed by atoms with E-state index < -0.39 is 12.1 Å². The Morgan fingerprint density at radius 1 is 1.12 bits per heavy atom. The van der Waals surface area contributed by atoms with Crippen LogP contribution in [0.15, 0.2) is 65.5 Å². The van der Waals surface area contributed by atoms with Crippen molar-refractivity contribution in [3.05, 3.63) is 82.4 Å². The third kappa shape index (κ3) is 7.54. The molecule has 2 aromatic carbocycles. The summed E-state index contributed by atoms with van der Waals surface area (Å²) in [6, 6.07) is 18.4. The summed E-state index contributed by atoms with van der Waals surface area (Å²) in [6.07, 6.45) is 0.0434. The number of rotatable bonds is 11. The molecule has 0 saturated carbocycles. The Labute approximate surface area is 217 Å². The van der Waals surface area contributed by atoms with Gasteiger partial charge < -0.3 is 16.0 Å². The van der Waals surface area contributed by atoms with E-state index in [2.05, 4.69) is 4.98 Å². The van der Waals surface area contributed by atoms with Gasteiger partial charge in [-0.15, -0.1) is 0 Å². The molecule has 3 aromatic rings. The average Bonchev–Trinajstić information content (AvgIpc) is 2.80. The molecule has 33 heavy (non-hydrogen) atoms. The Balaban J connectivity index is 0.00000289. The van der Waals surface area contributed by atoms with E-state index >= 15 is 0 Å².